The lowest BCUT2D eigenvalue weighted by atomic mass is 9.90. The van der Waals surface area contributed by atoms with Gasteiger partial charge in [-0.25, -0.2) is 40.1 Å². The van der Waals surface area contributed by atoms with E-state index in [1.807, 2.05) is 29.2 Å². The first-order chi connectivity index (χ1) is 28.3. The van der Waals surface area contributed by atoms with Crippen LogP contribution in [-0.2, 0) is 30.1 Å². The number of nitrogens with one attached hydrogen (secondary N) is 3. The second-order valence-electron chi connectivity index (χ2n) is 13.0. The summed E-state index contributed by atoms with van der Waals surface area (Å²) in [5, 5.41) is 49.7. The van der Waals surface area contributed by atoms with Crippen LogP contribution in [0.2, 0.25) is 0 Å². The van der Waals surface area contributed by atoms with Crippen LogP contribution in [-0.4, -0.2) is 69.1 Å². The molecule has 1 aliphatic carbocycles. The zero-order valence-corrected chi connectivity index (χ0v) is 35.2. The van der Waals surface area contributed by atoms with E-state index in [1.54, 1.807) is 31.4 Å². The van der Waals surface area contributed by atoms with Crippen molar-refractivity contribution in [3.63, 3.8) is 0 Å². The van der Waals surface area contributed by atoms with Crippen LogP contribution < -0.4 is 14.2 Å². The lowest BCUT2D eigenvalue weighted by Crippen LogP contribution is -2.32. The summed E-state index contributed by atoms with van der Waals surface area (Å²) < 4.78 is 77.4. The molecule has 1 aliphatic rings. The smallest absolute Gasteiger partial charge is 0.270 e. The van der Waals surface area contributed by atoms with Crippen LogP contribution >= 0.6 is 0 Å². The van der Waals surface area contributed by atoms with Crippen molar-refractivity contribution in [3.05, 3.63) is 141 Å². The average Bonchev–Trinajstić information content (AvgIpc) is 3.58. The van der Waals surface area contributed by atoms with Gasteiger partial charge in [0.1, 0.15) is 0 Å². The van der Waals surface area contributed by atoms with Crippen LogP contribution in [0.15, 0.2) is 119 Å². The monoisotopic (exact) mass is 862 g/mol. The molecule has 19 heteroatoms. The van der Waals surface area contributed by atoms with Crippen molar-refractivity contribution in [2.45, 2.75) is 12.8 Å². The van der Waals surface area contributed by atoms with Crippen molar-refractivity contribution in [2.75, 3.05) is 48.3 Å². The number of rotatable bonds is 17. The fourth-order valence-corrected chi connectivity index (χ4v) is 7.56. The SMILES string of the molecule is [C-]#[N+]/C(C#N)=C(/C(C#N)=C/C=C/C1=C(N(C)CCNS(C)(=O)=O)C(=C/C=C/C(C#N)=C(\c2ccc(NS(C)(=O)=O)cc2)C(C#N)C#N)/CC1)c1ccc(NS(C)(=O)=O)cc1. The third-order valence-electron chi connectivity index (χ3n) is 8.36. The third kappa shape index (κ3) is 14.0. The number of hydrogen-bond acceptors (Lipinski definition) is 12. The van der Waals surface area contributed by atoms with Gasteiger partial charge in [0.2, 0.25) is 30.1 Å². The Morgan fingerprint density at radius 1 is 0.800 bits per heavy atom. The predicted octanol–water partition coefficient (Wildman–Crippen LogP) is 5.24. The summed E-state index contributed by atoms with van der Waals surface area (Å²) in [6.45, 7) is 7.89. The summed E-state index contributed by atoms with van der Waals surface area (Å²) >= 11 is 0. The van der Waals surface area contributed by atoms with Gasteiger partial charge in [0, 0.05) is 48.4 Å². The summed E-state index contributed by atoms with van der Waals surface area (Å²) in [4.78, 5) is 5.14. The Balaban J connectivity index is 2.13. The van der Waals surface area contributed by atoms with E-state index in [0.717, 1.165) is 29.9 Å². The van der Waals surface area contributed by atoms with Crippen molar-refractivity contribution in [3.8, 4) is 30.3 Å². The number of benzene rings is 2. The molecule has 0 heterocycles. The van der Waals surface area contributed by atoms with Crippen molar-refractivity contribution in [1.29, 1.82) is 26.3 Å². The fourth-order valence-electron chi connectivity index (χ4n) is 5.97. The molecule has 0 saturated carbocycles. The number of nitriles is 5. The quantitative estimate of drug-likeness (QED) is 0.105. The zero-order valence-electron chi connectivity index (χ0n) is 32.8. The van der Waals surface area contributed by atoms with Gasteiger partial charge >= 0.3 is 0 Å². The number of allylic oxidation sites excluding steroid dienone is 13. The standard InChI is InChI=1S/C41H38N10O6S3/c1-47-38(28-46)40(30-16-20-37(21-17-30)50-60(5,56)57)34(25-43)11-7-9-32-13-12-31(41(32)51(2)23-22-48-58(3,52)53)8-6-10-33(24-42)39(35(26-44)27-45)29-14-18-36(19-15-29)49-59(4,54)55/h6-11,14-21,35,48-50H,12-13,22-23H2,2-5H3/b9-7+,10-6+,31-8+,34-11+,39-33-,40-38+. The normalized spacial score (nSPS) is 15.0. The number of sulfonamides is 3. The molecule has 0 bridgehead atoms. The van der Waals surface area contributed by atoms with Crippen molar-refractivity contribution in [2.24, 2.45) is 5.92 Å². The average molecular weight is 863 g/mol. The summed E-state index contributed by atoms with van der Waals surface area (Å²) in [5.41, 5.74) is 3.23. The predicted molar refractivity (Wildman–Crippen MR) is 228 cm³/mol. The molecule has 0 atom stereocenters. The largest absolute Gasteiger partial charge is 0.373 e. The number of likely N-dealkylation sites (N-methyl/N-ethyl adjacent to an activating group) is 1. The minimum atomic E-state index is -3.57. The first-order valence-corrected chi connectivity index (χ1v) is 23.1. The molecule has 0 spiro atoms. The van der Waals surface area contributed by atoms with Gasteiger partial charge in [-0.05, 0) is 71.5 Å². The fraction of sp³-hybridized carbons (Fsp3) is 0.220. The highest BCUT2D eigenvalue weighted by Crippen LogP contribution is 2.35. The maximum atomic E-state index is 11.8. The second-order valence-corrected chi connectivity index (χ2v) is 18.4. The molecule has 0 saturated heterocycles. The zero-order chi connectivity index (χ0) is 44.7. The van der Waals surface area contributed by atoms with E-state index >= 15 is 0 Å². The van der Waals surface area contributed by atoms with Crippen LogP contribution in [0.3, 0.4) is 0 Å². The van der Waals surface area contributed by atoms with Crippen molar-refractivity contribution >= 4 is 52.6 Å². The van der Waals surface area contributed by atoms with E-state index in [0.29, 0.717) is 29.7 Å². The molecule has 3 rings (SSSR count). The summed E-state index contributed by atoms with van der Waals surface area (Å²) in [6, 6.07) is 21.4. The Kier molecular flexibility index (Phi) is 16.5. The Labute approximate surface area is 350 Å². The van der Waals surface area contributed by atoms with Gasteiger partial charge in [0.05, 0.1) is 66.8 Å². The Morgan fingerprint density at radius 2 is 1.37 bits per heavy atom. The highest BCUT2D eigenvalue weighted by atomic mass is 32.2. The Bertz CT molecular complexity index is 2800. The van der Waals surface area contributed by atoms with Crippen LogP contribution in [0, 0.1) is 69.1 Å². The maximum absolute atomic E-state index is 11.8. The summed E-state index contributed by atoms with van der Waals surface area (Å²) in [5.74, 6) is -1.34. The summed E-state index contributed by atoms with van der Waals surface area (Å²) in [6.07, 6.45) is 13.6. The Morgan fingerprint density at radius 3 is 1.83 bits per heavy atom. The maximum Gasteiger partial charge on any atom is 0.270 e. The van der Waals surface area contributed by atoms with Gasteiger partial charge in [-0.1, -0.05) is 48.6 Å². The van der Waals surface area contributed by atoms with Crippen LogP contribution in [0.1, 0.15) is 24.0 Å². The number of anilines is 2. The van der Waals surface area contributed by atoms with Crippen LogP contribution in [0.25, 0.3) is 16.0 Å². The minimum Gasteiger partial charge on any atom is -0.373 e. The van der Waals surface area contributed by atoms with Gasteiger partial charge in [0.25, 0.3) is 5.70 Å². The van der Waals surface area contributed by atoms with E-state index in [9.17, 15) is 51.6 Å². The number of nitrogens with zero attached hydrogens (tertiary/aromatic N) is 7. The first-order valence-electron chi connectivity index (χ1n) is 17.4. The lowest BCUT2D eigenvalue weighted by molar-refractivity contribution is 0.427. The molecule has 3 N–H and O–H groups in total. The van der Waals surface area contributed by atoms with Gasteiger partial charge in [-0.3, -0.25) is 9.44 Å². The molecule has 2 aromatic carbocycles. The molecule has 0 unspecified atom stereocenters. The highest BCUT2D eigenvalue weighted by molar-refractivity contribution is 7.92. The third-order valence-corrected chi connectivity index (χ3v) is 10.3. The molecular formula is C41H38N10O6S3. The van der Waals surface area contributed by atoms with E-state index < -0.39 is 36.0 Å². The lowest BCUT2D eigenvalue weighted by Gasteiger charge is -2.23. The molecular weight excluding hydrogens is 825 g/mol. The van der Waals surface area contributed by atoms with Crippen molar-refractivity contribution in [1.82, 2.24) is 9.62 Å². The van der Waals surface area contributed by atoms with Gasteiger partial charge < -0.3 is 4.90 Å². The van der Waals surface area contributed by atoms with Crippen LogP contribution in [0.4, 0.5) is 11.4 Å². The molecule has 60 heavy (non-hydrogen) atoms. The molecule has 0 fully saturated rings. The topological polar surface area (TPSA) is 265 Å². The first kappa shape index (κ1) is 47.1. The van der Waals surface area contributed by atoms with Crippen LogP contribution in [0.5, 0.6) is 0 Å². The van der Waals surface area contributed by atoms with E-state index in [4.69, 9.17) is 6.57 Å². The van der Waals surface area contributed by atoms with Gasteiger partial charge in [0.15, 0.2) is 5.92 Å². The molecule has 0 aromatic heterocycles. The van der Waals surface area contributed by atoms with Crippen molar-refractivity contribution < 1.29 is 25.3 Å². The highest BCUT2D eigenvalue weighted by Gasteiger charge is 2.23. The van der Waals surface area contributed by atoms with E-state index in [-0.39, 0.29) is 52.5 Å². The molecule has 0 radical (unpaired) electrons. The van der Waals surface area contributed by atoms with Gasteiger partial charge in [-0.15, -0.1) is 0 Å². The van der Waals surface area contributed by atoms with Gasteiger partial charge in [-0.2, -0.15) is 21.0 Å². The minimum absolute atomic E-state index is 0.00797. The van der Waals surface area contributed by atoms with E-state index in [2.05, 4.69) is 25.1 Å². The Hall–Kier alpha value is -7.23. The van der Waals surface area contributed by atoms with E-state index in [1.165, 1.54) is 60.7 Å². The molecule has 2 aromatic rings. The second kappa shape index (κ2) is 21.0. The number of hydrogen-bond donors (Lipinski definition) is 3. The molecule has 16 nitrogen and oxygen atoms in total. The molecule has 306 valence electrons. The molecule has 0 aliphatic heterocycles. The molecule has 0 amide bonds. The summed E-state index contributed by atoms with van der Waals surface area (Å²) in [7, 11) is -8.88.